The van der Waals surface area contributed by atoms with Crippen LogP contribution in [0.15, 0.2) is 0 Å². The van der Waals surface area contributed by atoms with Crippen molar-refractivity contribution in [1.82, 2.24) is 15.1 Å². The first-order chi connectivity index (χ1) is 8.45. The molecule has 0 aromatic heterocycles. The summed E-state index contributed by atoms with van der Waals surface area (Å²) in [6.45, 7) is 10.9. The van der Waals surface area contributed by atoms with Crippen molar-refractivity contribution in [2.24, 2.45) is 5.41 Å². The van der Waals surface area contributed by atoms with Gasteiger partial charge in [-0.3, -0.25) is 4.90 Å². The lowest BCUT2D eigenvalue weighted by Gasteiger charge is -2.52. The minimum atomic E-state index is 0.431. The molecule has 0 bridgehead atoms. The van der Waals surface area contributed by atoms with E-state index in [0.29, 0.717) is 17.5 Å². The molecule has 2 aliphatic rings. The second-order valence-electron chi connectivity index (χ2n) is 7.06. The molecule has 106 valence electrons. The molecule has 3 unspecified atom stereocenters. The standard InChI is InChI=1S/C15H31N3/c1-12-11-17(5)9-10-18(12)13-7-6-8-15(2,3)14(13)16-4/h12-14,16H,6-11H2,1-5H3. The summed E-state index contributed by atoms with van der Waals surface area (Å²) in [6, 6.07) is 2.05. The Kier molecular flexibility index (Phi) is 4.35. The molecule has 1 saturated carbocycles. The lowest BCUT2D eigenvalue weighted by molar-refractivity contribution is -0.00314. The summed E-state index contributed by atoms with van der Waals surface area (Å²) in [6.07, 6.45) is 4.11. The molecule has 1 N–H and O–H groups in total. The summed E-state index contributed by atoms with van der Waals surface area (Å²) < 4.78 is 0. The molecule has 2 fully saturated rings. The average Bonchev–Trinajstić information content (AvgIpc) is 2.27. The summed E-state index contributed by atoms with van der Waals surface area (Å²) in [5, 5.41) is 3.62. The van der Waals surface area contributed by atoms with Gasteiger partial charge in [0.15, 0.2) is 0 Å². The van der Waals surface area contributed by atoms with Gasteiger partial charge in [0.05, 0.1) is 0 Å². The van der Waals surface area contributed by atoms with Crippen LogP contribution < -0.4 is 5.32 Å². The first-order valence-corrected chi connectivity index (χ1v) is 7.57. The van der Waals surface area contributed by atoms with Gasteiger partial charge in [-0.2, -0.15) is 0 Å². The summed E-state index contributed by atoms with van der Waals surface area (Å²) in [5.74, 6) is 0. The van der Waals surface area contributed by atoms with Gasteiger partial charge in [-0.05, 0) is 39.3 Å². The third-order valence-electron chi connectivity index (χ3n) is 5.17. The minimum Gasteiger partial charge on any atom is -0.315 e. The second kappa shape index (κ2) is 5.48. The molecule has 1 saturated heterocycles. The maximum absolute atomic E-state index is 3.62. The van der Waals surface area contributed by atoms with Crippen molar-refractivity contribution < 1.29 is 0 Å². The van der Waals surface area contributed by atoms with Crippen molar-refractivity contribution in [2.45, 2.75) is 58.2 Å². The summed E-state index contributed by atoms with van der Waals surface area (Å²) in [5.41, 5.74) is 0.431. The lowest BCUT2D eigenvalue weighted by Crippen LogP contribution is -2.63. The largest absolute Gasteiger partial charge is 0.315 e. The number of piperazine rings is 1. The molecule has 0 radical (unpaired) electrons. The summed E-state index contributed by atoms with van der Waals surface area (Å²) in [4.78, 5) is 5.23. The highest BCUT2D eigenvalue weighted by atomic mass is 15.3. The van der Waals surface area contributed by atoms with E-state index >= 15 is 0 Å². The second-order valence-corrected chi connectivity index (χ2v) is 7.06. The molecule has 2 rings (SSSR count). The molecule has 18 heavy (non-hydrogen) atoms. The Bertz CT molecular complexity index is 277. The quantitative estimate of drug-likeness (QED) is 0.809. The van der Waals surface area contributed by atoms with Crippen LogP contribution in [0.3, 0.4) is 0 Å². The topological polar surface area (TPSA) is 18.5 Å². The first-order valence-electron chi connectivity index (χ1n) is 7.57. The van der Waals surface area contributed by atoms with E-state index < -0.39 is 0 Å². The number of hydrogen-bond acceptors (Lipinski definition) is 3. The minimum absolute atomic E-state index is 0.431. The highest BCUT2D eigenvalue weighted by Crippen LogP contribution is 2.38. The zero-order chi connectivity index (χ0) is 13.3. The van der Waals surface area contributed by atoms with E-state index in [1.165, 1.54) is 38.9 Å². The van der Waals surface area contributed by atoms with E-state index in [2.05, 4.69) is 50.0 Å². The van der Waals surface area contributed by atoms with E-state index in [4.69, 9.17) is 0 Å². The maximum atomic E-state index is 3.62. The Morgan fingerprint density at radius 1 is 1.22 bits per heavy atom. The van der Waals surface area contributed by atoms with Crippen molar-refractivity contribution in [1.29, 1.82) is 0 Å². The van der Waals surface area contributed by atoms with Gasteiger partial charge in [0.25, 0.3) is 0 Å². The molecule has 0 aromatic rings. The number of nitrogens with one attached hydrogen (secondary N) is 1. The van der Waals surface area contributed by atoms with E-state index in [1.807, 2.05) is 0 Å². The molecule has 0 amide bonds. The highest BCUT2D eigenvalue weighted by molar-refractivity contribution is 4.99. The SMILES string of the molecule is CNC1C(N2CCN(C)CC2C)CCCC1(C)C. The predicted molar refractivity (Wildman–Crippen MR) is 77.9 cm³/mol. The van der Waals surface area contributed by atoms with Crippen molar-refractivity contribution in [2.75, 3.05) is 33.7 Å². The van der Waals surface area contributed by atoms with Gasteiger partial charge >= 0.3 is 0 Å². The number of hydrogen-bond donors (Lipinski definition) is 1. The van der Waals surface area contributed by atoms with Crippen molar-refractivity contribution >= 4 is 0 Å². The van der Waals surface area contributed by atoms with Crippen LogP contribution in [-0.4, -0.2) is 61.7 Å². The van der Waals surface area contributed by atoms with Gasteiger partial charge in [0, 0.05) is 37.8 Å². The van der Waals surface area contributed by atoms with E-state index in [9.17, 15) is 0 Å². The third kappa shape index (κ3) is 2.73. The molecule has 3 nitrogen and oxygen atoms in total. The number of likely N-dealkylation sites (N-methyl/N-ethyl adjacent to an activating group) is 2. The average molecular weight is 253 g/mol. The molecule has 1 aliphatic carbocycles. The Morgan fingerprint density at radius 3 is 2.56 bits per heavy atom. The Labute approximate surface area is 113 Å². The molecular formula is C15H31N3. The molecule has 0 spiro atoms. The molecular weight excluding hydrogens is 222 g/mol. The van der Waals surface area contributed by atoms with Gasteiger partial charge < -0.3 is 10.2 Å². The van der Waals surface area contributed by atoms with Gasteiger partial charge in [-0.15, -0.1) is 0 Å². The third-order valence-corrected chi connectivity index (χ3v) is 5.17. The maximum Gasteiger partial charge on any atom is 0.0271 e. The Hall–Kier alpha value is -0.120. The Morgan fingerprint density at radius 2 is 1.94 bits per heavy atom. The molecule has 0 aromatic carbocycles. The number of rotatable bonds is 2. The smallest absolute Gasteiger partial charge is 0.0271 e. The fourth-order valence-electron chi connectivity index (χ4n) is 4.20. The van der Waals surface area contributed by atoms with Crippen LogP contribution in [0.4, 0.5) is 0 Å². The van der Waals surface area contributed by atoms with Crippen molar-refractivity contribution in [3.63, 3.8) is 0 Å². The summed E-state index contributed by atoms with van der Waals surface area (Å²) >= 11 is 0. The number of nitrogens with zero attached hydrogens (tertiary/aromatic N) is 2. The summed E-state index contributed by atoms with van der Waals surface area (Å²) in [7, 11) is 4.39. The van der Waals surface area contributed by atoms with E-state index in [0.717, 1.165) is 6.04 Å². The fraction of sp³-hybridized carbons (Fsp3) is 1.00. The van der Waals surface area contributed by atoms with Crippen LogP contribution in [-0.2, 0) is 0 Å². The van der Waals surface area contributed by atoms with Crippen LogP contribution in [0.2, 0.25) is 0 Å². The van der Waals surface area contributed by atoms with Crippen LogP contribution in [0.5, 0.6) is 0 Å². The van der Waals surface area contributed by atoms with Gasteiger partial charge in [0.2, 0.25) is 0 Å². The molecule has 1 aliphatic heterocycles. The zero-order valence-electron chi connectivity index (χ0n) is 12.9. The first kappa shape index (κ1) is 14.3. The van der Waals surface area contributed by atoms with Crippen LogP contribution in [0, 0.1) is 5.41 Å². The molecule has 3 heteroatoms. The van der Waals surface area contributed by atoms with Crippen LogP contribution in [0.25, 0.3) is 0 Å². The zero-order valence-corrected chi connectivity index (χ0v) is 12.9. The lowest BCUT2D eigenvalue weighted by atomic mass is 9.70. The van der Waals surface area contributed by atoms with Gasteiger partial charge in [-0.25, -0.2) is 0 Å². The highest BCUT2D eigenvalue weighted by Gasteiger charge is 2.42. The Balaban J connectivity index is 2.10. The van der Waals surface area contributed by atoms with Crippen LogP contribution in [0.1, 0.15) is 40.0 Å². The van der Waals surface area contributed by atoms with Gasteiger partial charge in [0.1, 0.15) is 0 Å². The molecule has 1 heterocycles. The van der Waals surface area contributed by atoms with Crippen molar-refractivity contribution in [3.05, 3.63) is 0 Å². The fourth-order valence-corrected chi connectivity index (χ4v) is 4.20. The van der Waals surface area contributed by atoms with Crippen molar-refractivity contribution in [3.8, 4) is 0 Å². The van der Waals surface area contributed by atoms with Gasteiger partial charge in [-0.1, -0.05) is 20.3 Å². The van der Waals surface area contributed by atoms with E-state index in [1.54, 1.807) is 0 Å². The monoisotopic (exact) mass is 253 g/mol. The van der Waals surface area contributed by atoms with E-state index in [-0.39, 0.29) is 0 Å². The normalized spacial score (nSPS) is 38.8. The molecule has 3 atom stereocenters. The van der Waals surface area contributed by atoms with Crippen LogP contribution >= 0.6 is 0 Å². The predicted octanol–water partition coefficient (Wildman–Crippen LogP) is 1.79.